The van der Waals surface area contributed by atoms with Gasteiger partial charge < -0.3 is 4.74 Å². The van der Waals surface area contributed by atoms with Crippen molar-refractivity contribution in [1.82, 2.24) is 0 Å². The lowest BCUT2D eigenvalue weighted by atomic mass is 9.92. The van der Waals surface area contributed by atoms with Crippen molar-refractivity contribution in [2.24, 2.45) is 11.8 Å². The fraction of sp³-hybridized carbons (Fsp3) is 0.800. The lowest BCUT2D eigenvalue weighted by Gasteiger charge is -2.22. The van der Waals surface area contributed by atoms with Crippen molar-refractivity contribution in [3.05, 3.63) is 11.8 Å². The Morgan fingerprint density at radius 2 is 1.85 bits per heavy atom. The van der Waals surface area contributed by atoms with Crippen LogP contribution in [-0.2, 0) is 9.53 Å². The van der Waals surface area contributed by atoms with Crippen LogP contribution in [0.25, 0.3) is 0 Å². The predicted octanol–water partition coefficient (Wildman–Crippen LogP) is 5.01. The average molecular weight is 402 g/mol. The molecule has 2 atom stereocenters. The van der Waals surface area contributed by atoms with E-state index >= 15 is 0 Å². The van der Waals surface area contributed by atoms with Crippen molar-refractivity contribution in [2.75, 3.05) is 11.5 Å². The van der Waals surface area contributed by atoms with Gasteiger partial charge >= 0.3 is 0 Å². The number of carbonyl (C=O) groups is 1. The third-order valence-corrected chi connectivity index (χ3v) is 4.00. The number of ether oxygens (including phenoxy) is 1. The average Bonchev–Trinajstić information content (AvgIpc) is 2.38. The van der Waals surface area contributed by atoms with Crippen molar-refractivity contribution in [3.63, 3.8) is 0 Å². The van der Waals surface area contributed by atoms with Crippen molar-refractivity contribution in [1.29, 1.82) is 0 Å². The van der Waals surface area contributed by atoms with Crippen molar-refractivity contribution >= 4 is 28.4 Å². The lowest BCUT2D eigenvalue weighted by molar-refractivity contribution is -0.118. The molecule has 118 valence electrons. The molecule has 0 saturated heterocycles. The second-order valence-electron chi connectivity index (χ2n) is 5.12. The van der Waals surface area contributed by atoms with Crippen molar-refractivity contribution in [3.8, 4) is 0 Å². The predicted molar refractivity (Wildman–Crippen MR) is 86.4 cm³/mol. The van der Waals surface area contributed by atoms with E-state index < -0.39 is 11.8 Å². The van der Waals surface area contributed by atoms with Gasteiger partial charge in [0.05, 0.1) is 7.11 Å². The zero-order valence-corrected chi connectivity index (χ0v) is 14.9. The zero-order valence-electron chi connectivity index (χ0n) is 12.7. The number of ketones is 1. The Bertz CT molecular complexity index is 324. The molecule has 0 saturated carbocycles. The van der Waals surface area contributed by atoms with Gasteiger partial charge in [0.1, 0.15) is 5.76 Å². The van der Waals surface area contributed by atoms with Crippen LogP contribution >= 0.6 is 22.6 Å². The van der Waals surface area contributed by atoms with E-state index in [0.29, 0.717) is 12.2 Å². The summed E-state index contributed by atoms with van der Waals surface area (Å²) < 4.78 is 32.4. The SMILES string of the molecule is CCC(CCI)C(=O)/C=C(\OC)C(CC)CC(C)(F)F. The maximum absolute atomic E-state index is 13.2. The molecular formula is C15H25F2IO2. The first-order chi connectivity index (χ1) is 9.28. The van der Waals surface area contributed by atoms with Crippen LogP contribution in [0.3, 0.4) is 0 Å². The summed E-state index contributed by atoms with van der Waals surface area (Å²) in [6.45, 7) is 4.69. The Labute approximate surface area is 134 Å². The fourth-order valence-electron chi connectivity index (χ4n) is 2.16. The van der Waals surface area contributed by atoms with Gasteiger partial charge in [0.25, 0.3) is 0 Å². The number of halogens is 3. The van der Waals surface area contributed by atoms with Crippen LogP contribution in [0.4, 0.5) is 8.78 Å². The molecule has 2 nitrogen and oxygen atoms in total. The van der Waals surface area contributed by atoms with Gasteiger partial charge in [-0.2, -0.15) is 0 Å². The molecule has 5 heteroatoms. The molecular weight excluding hydrogens is 377 g/mol. The smallest absolute Gasteiger partial charge is 0.246 e. The zero-order chi connectivity index (χ0) is 15.8. The molecule has 0 radical (unpaired) electrons. The topological polar surface area (TPSA) is 26.3 Å². The minimum atomic E-state index is -2.76. The van der Waals surface area contributed by atoms with Crippen LogP contribution in [0, 0.1) is 11.8 Å². The molecule has 0 bridgehead atoms. The Balaban J connectivity index is 5.01. The maximum Gasteiger partial charge on any atom is 0.246 e. The van der Waals surface area contributed by atoms with Gasteiger partial charge in [0, 0.05) is 28.8 Å². The van der Waals surface area contributed by atoms with Crippen LogP contribution in [-0.4, -0.2) is 23.2 Å². The van der Waals surface area contributed by atoms with Gasteiger partial charge in [-0.3, -0.25) is 4.79 Å². The van der Waals surface area contributed by atoms with Gasteiger partial charge in [0.15, 0.2) is 5.78 Å². The number of allylic oxidation sites excluding steroid dienone is 2. The molecule has 2 unspecified atom stereocenters. The highest BCUT2D eigenvalue weighted by molar-refractivity contribution is 14.1. The monoisotopic (exact) mass is 402 g/mol. The number of hydrogen-bond donors (Lipinski definition) is 0. The number of alkyl halides is 3. The molecule has 0 aliphatic carbocycles. The maximum atomic E-state index is 13.2. The molecule has 0 rings (SSSR count). The second kappa shape index (κ2) is 9.68. The Hall–Kier alpha value is -0.200. The van der Waals surface area contributed by atoms with E-state index in [4.69, 9.17) is 4.74 Å². The van der Waals surface area contributed by atoms with Crippen LogP contribution in [0.1, 0.15) is 46.5 Å². The Morgan fingerprint density at radius 3 is 2.20 bits per heavy atom. The molecule has 20 heavy (non-hydrogen) atoms. The quantitative estimate of drug-likeness (QED) is 0.222. The number of hydrogen-bond acceptors (Lipinski definition) is 2. The summed E-state index contributed by atoms with van der Waals surface area (Å²) >= 11 is 2.24. The van der Waals surface area contributed by atoms with E-state index in [1.54, 1.807) is 0 Å². The first kappa shape index (κ1) is 19.8. The number of rotatable bonds is 10. The van der Waals surface area contributed by atoms with E-state index in [1.807, 2.05) is 13.8 Å². The highest BCUT2D eigenvalue weighted by Gasteiger charge is 2.29. The highest BCUT2D eigenvalue weighted by Crippen LogP contribution is 2.30. The van der Waals surface area contributed by atoms with E-state index in [0.717, 1.165) is 24.2 Å². The fourth-order valence-corrected chi connectivity index (χ4v) is 2.91. The van der Waals surface area contributed by atoms with Crippen LogP contribution < -0.4 is 0 Å². The summed E-state index contributed by atoms with van der Waals surface area (Å²) in [5, 5.41) is 0. The summed E-state index contributed by atoms with van der Waals surface area (Å²) in [6.07, 6.45) is 3.24. The normalized spacial score (nSPS) is 15.8. The Morgan fingerprint density at radius 1 is 1.30 bits per heavy atom. The molecule has 0 aromatic rings. The Kier molecular flexibility index (Phi) is 9.59. The van der Waals surface area contributed by atoms with Gasteiger partial charge in [-0.25, -0.2) is 8.78 Å². The first-order valence-electron chi connectivity index (χ1n) is 7.02. The lowest BCUT2D eigenvalue weighted by Crippen LogP contribution is -2.20. The van der Waals surface area contributed by atoms with E-state index in [9.17, 15) is 13.6 Å². The minimum Gasteiger partial charge on any atom is -0.501 e. The highest BCUT2D eigenvalue weighted by atomic mass is 127. The number of methoxy groups -OCH3 is 1. The van der Waals surface area contributed by atoms with Crippen LogP contribution in [0.5, 0.6) is 0 Å². The summed E-state index contributed by atoms with van der Waals surface area (Å²) in [6, 6.07) is 0. The van der Waals surface area contributed by atoms with Crippen molar-refractivity contribution < 1.29 is 18.3 Å². The summed E-state index contributed by atoms with van der Waals surface area (Å²) in [4.78, 5) is 12.2. The van der Waals surface area contributed by atoms with E-state index in [2.05, 4.69) is 22.6 Å². The molecule has 0 fully saturated rings. The molecule has 0 aliphatic rings. The van der Waals surface area contributed by atoms with E-state index in [1.165, 1.54) is 13.2 Å². The molecule has 0 heterocycles. The summed E-state index contributed by atoms with van der Waals surface area (Å²) in [5.41, 5.74) is 0. The standard InChI is InChI=1S/C15H25F2IO2/c1-5-11(7-8-18)13(19)9-14(20-4)12(6-2)10-15(3,16)17/h9,11-12H,5-8,10H2,1-4H3/b14-9-. The third-order valence-electron chi connectivity index (χ3n) is 3.37. The molecule has 0 aromatic carbocycles. The van der Waals surface area contributed by atoms with Gasteiger partial charge in [0.2, 0.25) is 5.92 Å². The van der Waals surface area contributed by atoms with E-state index in [-0.39, 0.29) is 18.1 Å². The van der Waals surface area contributed by atoms with Gasteiger partial charge in [-0.1, -0.05) is 36.4 Å². The van der Waals surface area contributed by atoms with Crippen LogP contribution in [0.2, 0.25) is 0 Å². The third kappa shape index (κ3) is 7.55. The molecule has 0 aliphatic heterocycles. The summed E-state index contributed by atoms with van der Waals surface area (Å²) in [7, 11) is 1.44. The largest absolute Gasteiger partial charge is 0.501 e. The first-order valence-corrected chi connectivity index (χ1v) is 8.54. The molecule has 0 aromatic heterocycles. The van der Waals surface area contributed by atoms with Crippen LogP contribution in [0.15, 0.2) is 11.8 Å². The van der Waals surface area contributed by atoms with Gasteiger partial charge in [-0.05, 0) is 26.2 Å². The molecule has 0 amide bonds. The summed E-state index contributed by atoms with van der Waals surface area (Å²) in [5.74, 6) is -2.85. The van der Waals surface area contributed by atoms with Gasteiger partial charge in [-0.15, -0.1) is 0 Å². The minimum absolute atomic E-state index is 0.0149. The molecule has 0 spiro atoms. The number of carbonyl (C=O) groups excluding carboxylic acids is 1. The second-order valence-corrected chi connectivity index (χ2v) is 6.19. The van der Waals surface area contributed by atoms with Crippen molar-refractivity contribution in [2.45, 2.75) is 52.4 Å². The molecule has 0 N–H and O–H groups in total.